The number of benzene rings is 3. The highest BCUT2D eigenvalue weighted by molar-refractivity contribution is 5.95. The molecule has 0 spiro atoms. The van der Waals surface area contributed by atoms with E-state index in [4.69, 9.17) is 11.5 Å². The van der Waals surface area contributed by atoms with Crippen LogP contribution in [0.3, 0.4) is 0 Å². The van der Waals surface area contributed by atoms with Crippen LogP contribution < -0.4 is 27.4 Å². The fourth-order valence-electron chi connectivity index (χ4n) is 5.79. The summed E-state index contributed by atoms with van der Waals surface area (Å²) in [6.45, 7) is 0. The number of carboxylic acids is 1. The first-order chi connectivity index (χ1) is 23.6. The number of amides is 4. The van der Waals surface area contributed by atoms with Crippen LogP contribution in [0.4, 0.5) is 0 Å². The zero-order chi connectivity index (χ0) is 34.9. The van der Waals surface area contributed by atoms with Gasteiger partial charge in [-0.25, -0.2) is 4.79 Å². The number of para-hydroxylation sites is 2. The molecule has 2 heterocycles. The molecule has 0 bridgehead atoms. The minimum absolute atomic E-state index is 0.0391. The third kappa shape index (κ3) is 8.90. The molecule has 4 amide bonds. The highest BCUT2D eigenvalue weighted by atomic mass is 16.4. The summed E-state index contributed by atoms with van der Waals surface area (Å²) in [5, 5.41) is 19.6. The minimum atomic E-state index is -1.35. The van der Waals surface area contributed by atoms with Gasteiger partial charge in [0.1, 0.15) is 18.1 Å². The fourth-order valence-corrected chi connectivity index (χ4v) is 5.79. The van der Waals surface area contributed by atoms with Gasteiger partial charge in [0, 0.05) is 53.5 Å². The minimum Gasteiger partial charge on any atom is -0.480 e. The summed E-state index contributed by atoms with van der Waals surface area (Å²) in [7, 11) is 0. The number of carbonyl (C=O) groups excluding carboxylic acids is 4. The van der Waals surface area contributed by atoms with Crippen LogP contribution in [-0.4, -0.2) is 68.8 Å². The molecule has 4 atom stereocenters. The number of aromatic nitrogens is 2. The molecule has 0 aliphatic rings. The molecule has 3 aromatic carbocycles. The molecule has 4 unspecified atom stereocenters. The third-order valence-electron chi connectivity index (χ3n) is 8.39. The Morgan fingerprint density at radius 2 is 1.14 bits per heavy atom. The number of carboxylic acid groups (broad SMARTS) is 1. The third-order valence-corrected chi connectivity index (χ3v) is 8.39. The molecule has 0 saturated carbocycles. The second-order valence-electron chi connectivity index (χ2n) is 12.0. The second kappa shape index (κ2) is 15.8. The number of rotatable bonds is 16. The lowest BCUT2D eigenvalue weighted by Gasteiger charge is -2.25. The van der Waals surface area contributed by atoms with Crippen LogP contribution in [-0.2, 0) is 43.2 Å². The van der Waals surface area contributed by atoms with Crippen molar-refractivity contribution in [3.05, 3.63) is 108 Å². The van der Waals surface area contributed by atoms with E-state index >= 15 is 0 Å². The zero-order valence-corrected chi connectivity index (χ0v) is 26.6. The number of nitrogens with two attached hydrogens (primary N) is 2. The normalized spacial score (nSPS) is 13.7. The Hall–Kier alpha value is -5.95. The van der Waals surface area contributed by atoms with E-state index in [2.05, 4.69) is 25.9 Å². The van der Waals surface area contributed by atoms with Crippen LogP contribution in [0.25, 0.3) is 21.8 Å². The number of hydrogen-bond acceptors (Lipinski definition) is 6. The van der Waals surface area contributed by atoms with Gasteiger partial charge in [-0.15, -0.1) is 0 Å². The highest BCUT2D eigenvalue weighted by Gasteiger charge is 2.31. The average molecular weight is 666 g/mol. The van der Waals surface area contributed by atoms with Crippen molar-refractivity contribution in [1.29, 1.82) is 0 Å². The van der Waals surface area contributed by atoms with Gasteiger partial charge in [0.15, 0.2) is 0 Å². The van der Waals surface area contributed by atoms with E-state index in [-0.39, 0.29) is 32.1 Å². The first-order valence-electron chi connectivity index (χ1n) is 15.9. The molecule has 0 fully saturated rings. The first kappa shape index (κ1) is 34.4. The van der Waals surface area contributed by atoms with Crippen LogP contribution in [0.15, 0.2) is 91.3 Å². The van der Waals surface area contributed by atoms with Crippen LogP contribution in [0.2, 0.25) is 0 Å². The number of nitrogens with one attached hydrogen (secondary N) is 5. The van der Waals surface area contributed by atoms with Crippen molar-refractivity contribution in [2.45, 2.75) is 56.3 Å². The summed E-state index contributed by atoms with van der Waals surface area (Å²) < 4.78 is 0. The largest absolute Gasteiger partial charge is 0.480 e. The summed E-state index contributed by atoms with van der Waals surface area (Å²) in [6.07, 6.45) is 3.24. The van der Waals surface area contributed by atoms with Gasteiger partial charge in [0.2, 0.25) is 23.6 Å². The van der Waals surface area contributed by atoms with Crippen molar-refractivity contribution >= 4 is 51.4 Å². The van der Waals surface area contributed by atoms with Gasteiger partial charge in [0.25, 0.3) is 0 Å². The summed E-state index contributed by atoms with van der Waals surface area (Å²) in [5.74, 6) is -4.11. The van der Waals surface area contributed by atoms with Crippen molar-refractivity contribution in [2.24, 2.45) is 11.5 Å². The standard InChI is InChI=1S/C36H39N7O6/c37-26(17-22-19-39-27-12-6-4-10-24(22)27)33(45)42-30(16-21-8-2-1-3-9-21)35(47)41-29(14-15-32(38)44)34(46)43-31(36(48)49)18-23-20-40-28-13-7-5-11-25(23)28/h1-13,19-20,26,29-31,39-40H,14-18,37H2,(H2,38,44)(H,41,47)(H,42,45)(H,43,46)(H,48,49). The SMILES string of the molecule is NC(=O)CCC(NC(=O)C(Cc1ccccc1)NC(=O)C(N)Cc1c[nH]c2ccccc12)C(=O)NC(Cc1c[nH]c2ccccc12)C(=O)O. The Balaban J connectivity index is 1.31. The summed E-state index contributed by atoms with van der Waals surface area (Å²) in [5.41, 5.74) is 15.6. The number of primary amides is 1. The second-order valence-corrected chi connectivity index (χ2v) is 12.0. The Morgan fingerprint density at radius 1 is 0.633 bits per heavy atom. The lowest BCUT2D eigenvalue weighted by molar-refractivity contribution is -0.142. The molecule has 10 N–H and O–H groups in total. The van der Waals surface area contributed by atoms with Gasteiger partial charge in [-0.05, 0) is 41.7 Å². The van der Waals surface area contributed by atoms with Crippen molar-refractivity contribution in [3.8, 4) is 0 Å². The Morgan fingerprint density at radius 3 is 1.73 bits per heavy atom. The smallest absolute Gasteiger partial charge is 0.326 e. The predicted octanol–water partition coefficient (Wildman–Crippen LogP) is 1.81. The maximum absolute atomic E-state index is 13.8. The lowest BCUT2D eigenvalue weighted by atomic mass is 10.0. The van der Waals surface area contributed by atoms with E-state index < -0.39 is 53.8 Å². The molecule has 0 radical (unpaired) electrons. The summed E-state index contributed by atoms with van der Waals surface area (Å²) >= 11 is 0. The number of fused-ring (bicyclic) bond motifs is 2. The molecule has 0 aliphatic carbocycles. The molecule has 5 rings (SSSR count). The predicted molar refractivity (Wildman–Crippen MR) is 184 cm³/mol. The number of aromatic amines is 2. The van der Waals surface area contributed by atoms with Crippen LogP contribution in [0.1, 0.15) is 29.5 Å². The molecule has 13 heteroatoms. The number of carbonyl (C=O) groups is 5. The Labute approximate surface area is 281 Å². The van der Waals surface area contributed by atoms with Gasteiger partial charge < -0.3 is 42.5 Å². The molecular formula is C36H39N7O6. The maximum Gasteiger partial charge on any atom is 0.326 e. The van der Waals surface area contributed by atoms with Gasteiger partial charge in [-0.3, -0.25) is 19.2 Å². The van der Waals surface area contributed by atoms with Gasteiger partial charge >= 0.3 is 5.97 Å². The molecule has 254 valence electrons. The van der Waals surface area contributed by atoms with E-state index in [0.29, 0.717) is 5.56 Å². The van der Waals surface area contributed by atoms with Gasteiger partial charge in [0.05, 0.1) is 6.04 Å². The van der Waals surface area contributed by atoms with Crippen molar-refractivity contribution in [2.75, 3.05) is 0 Å². The highest BCUT2D eigenvalue weighted by Crippen LogP contribution is 2.20. The van der Waals surface area contributed by atoms with E-state index in [9.17, 15) is 29.1 Å². The monoisotopic (exact) mass is 665 g/mol. The maximum atomic E-state index is 13.8. The van der Waals surface area contributed by atoms with Crippen LogP contribution in [0, 0.1) is 0 Å². The fraction of sp³-hybridized carbons (Fsp3) is 0.250. The van der Waals surface area contributed by atoms with Crippen LogP contribution in [0.5, 0.6) is 0 Å². The zero-order valence-electron chi connectivity index (χ0n) is 26.6. The summed E-state index contributed by atoms with van der Waals surface area (Å²) in [6, 6.07) is 19.1. The molecular weight excluding hydrogens is 626 g/mol. The first-order valence-corrected chi connectivity index (χ1v) is 15.9. The molecule has 49 heavy (non-hydrogen) atoms. The Kier molecular flexibility index (Phi) is 11.1. The quantitative estimate of drug-likeness (QED) is 0.0779. The molecule has 0 saturated heterocycles. The Bertz CT molecular complexity index is 1950. The van der Waals surface area contributed by atoms with E-state index in [1.165, 1.54) is 0 Å². The van der Waals surface area contributed by atoms with E-state index in [1.807, 2.05) is 54.6 Å². The molecule has 2 aromatic heterocycles. The number of hydrogen-bond donors (Lipinski definition) is 8. The number of H-pyrrole nitrogens is 2. The van der Waals surface area contributed by atoms with Crippen molar-refractivity contribution in [3.63, 3.8) is 0 Å². The van der Waals surface area contributed by atoms with E-state index in [0.717, 1.165) is 32.9 Å². The topological polar surface area (TPSA) is 225 Å². The molecule has 0 aliphatic heterocycles. The summed E-state index contributed by atoms with van der Waals surface area (Å²) in [4.78, 5) is 70.9. The number of aliphatic carboxylic acids is 1. The molecule has 13 nitrogen and oxygen atoms in total. The van der Waals surface area contributed by atoms with Crippen molar-refractivity contribution in [1.82, 2.24) is 25.9 Å². The lowest BCUT2D eigenvalue weighted by Crippen LogP contribution is -2.58. The molecule has 5 aromatic rings. The van der Waals surface area contributed by atoms with Gasteiger partial charge in [-0.1, -0.05) is 66.7 Å². The van der Waals surface area contributed by atoms with Crippen molar-refractivity contribution < 1.29 is 29.1 Å². The van der Waals surface area contributed by atoms with E-state index in [1.54, 1.807) is 36.7 Å². The van der Waals surface area contributed by atoms with Gasteiger partial charge in [-0.2, -0.15) is 0 Å². The average Bonchev–Trinajstić information content (AvgIpc) is 3.70. The van der Waals surface area contributed by atoms with Crippen LogP contribution >= 0.6 is 0 Å².